The normalized spacial score (nSPS) is 13.9. The molecule has 1 amide bonds. The van der Waals surface area contributed by atoms with E-state index in [1.165, 1.54) is 34.2 Å². The molecule has 4 rings (SSSR count). The molecule has 2 aromatic carbocycles. The standard InChI is InChI=1S/C21H21FN2O/c1-2-10-23-13-17-9-11-24(14-16-6-4-8-19(23)20(16)17)21(25)15-5-3-7-18(22)12-15/h3-8,12-13H,2,9-11,14H2,1H3. The van der Waals surface area contributed by atoms with Crippen molar-refractivity contribution >= 4 is 16.8 Å². The Bertz CT molecular complexity index is 944. The van der Waals surface area contributed by atoms with Crippen molar-refractivity contribution in [1.29, 1.82) is 0 Å². The Hall–Kier alpha value is -2.62. The molecule has 0 aliphatic carbocycles. The molecule has 0 fully saturated rings. The van der Waals surface area contributed by atoms with Crippen molar-refractivity contribution in [2.24, 2.45) is 0 Å². The van der Waals surface area contributed by atoms with E-state index in [-0.39, 0.29) is 11.7 Å². The van der Waals surface area contributed by atoms with E-state index in [9.17, 15) is 9.18 Å². The van der Waals surface area contributed by atoms with Crippen LogP contribution in [0.4, 0.5) is 4.39 Å². The average molecular weight is 336 g/mol. The molecule has 0 saturated heterocycles. The van der Waals surface area contributed by atoms with Gasteiger partial charge in [-0.1, -0.05) is 25.1 Å². The first kappa shape index (κ1) is 15.9. The van der Waals surface area contributed by atoms with E-state index in [0.29, 0.717) is 18.7 Å². The van der Waals surface area contributed by atoms with Gasteiger partial charge in [0.2, 0.25) is 0 Å². The van der Waals surface area contributed by atoms with Gasteiger partial charge in [-0.25, -0.2) is 4.39 Å². The number of halogens is 1. The lowest BCUT2D eigenvalue weighted by molar-refractivity contribution is 0.0747. The lowest BCUT2D eigenvalue weighted by Crippen LogP contribution is -2.31. The number of carbonyl (C=O) groups excluding carboxylic acids is 1. The lowest BCUT2D eigenvalue weighted by atomic mass is 10.1. The number of benzene rings is 2. The minimum absolute atomic E-state index is 0.108. The average Bonchev–Trinajstić information content (AvgIpc) is 2.85. The molecular weight excluding hydrogens is 315 g/mol. The first-order chi connectivity index (χ1) is 12.2. The molecule has 0 saturated carbocycles. The highest BCUT2D eigenvalue weighted by Gasteiger charge is 2.23. The van der Waals surface area contributed by atoms with Crippen LogP contribution in [-0.4, -0.2) is 21.9 Å². The summed E-state index contributed by atoms with van der Waals surface area (Å²) in [5.41, 5.74) is 4.13. The van der Waals surface area contributed by atoms with Crippen LogP contribution < -0.4 is 0 Å². The van der Waals surface area contributed by atoms with Crippen molar-refractivity contribution in [3.8, 4) is 0 Å². The summed E-state index contributed by atoms with van der Waals surface area (Å²) < 4.78 is 15.8. The SMILES string of the molecule is CCCn1cc2c3c(cccc31)CN(C(=O)c1cccc(F)c1)CC2. The summed E-state index contributed by atoms with van der Waals surface area (Å²) in [6.45, 7) is 4.40. The molecule has 1 aromatic heterocycles. The highest BCUT2D eigenvalue weighted by molar-refractivity contribution is 5.95. The van der Waals surface area contributed by atoms with Gasteiger partial charge in [0.25, 0.3) is 5.91 Å². The predicted molar refractivity (Wildman–Crippen MR) is 97.1 cm³/mol. The fraction of sp³-hybridized carbons (Fsp3) is 0.286. The first-order valence-electron chi connectivity index (χ1n) is 8.82. The van der Waals surface area contributed by atoms with Gasteiger partial charge < -0.3 is 9.47 Å². The van der Waals surface area contributed by atoms with Gasteiger partial charge in [0, 0.05) is 42.3 Å². The fourth-order valence-corrected chi connectivity index (χ4v) is 3.78. The fourth-order valence-electron chi connectivity index (χ4n) is 3.78. The second-order valence-electron chi connectivity index (χ2n) is 6.65. The van der Waals surface area contributed by atoms with Gasteiger partial charge in [0.1, 0.15) is 5.82 Å². The number of hydrogen-bond donors (Lipinski definition) is 0. The molecule has 25 heavy (non-hydrogen) atoms. The summed E-state index contributed by atoms with van der Waals surface area (Å²) in [6.07, 6.45) is 4.15. The third-order valence-electron chi connectivity index (χ3n) is 4.91. The van der Waals surface area contributed by atoms with Crippen LogP contribution in [0.15, 0.2) is 48.7 Å². The molecule has 128 valence electrons. The van der Waals surface area contributed by atoms with Crippen LogP contribution in [0.3, 0.4) is 0 Å². The number of aryl methyl sites for hydroxylation is 1. The predicted octanol–water partition coefficient (Wildman–Crippen LogP) is 4.39. The van der Waals surface area contributed by atoms with Crippen LogP contribution >= 0.6 is 0 Å². The van der Waals surface area contributed by atoms with E-state index >= 15 is 0 Å². The Balaban J connectivity index is 1.70. The summed E-state index contributed by atoms with van der Waals surface area (Å²) in [5, 5.41) is 1.28. The molecule has 3 nitrogen and oxygen atoms in total. The Labute approximate surface area is 146 Å². The van der Waals surface area contributed by atoms with Crippen LogP contribution in [0, 0.1) is 5.82 Å². The van der Waals surface area contributed by atoms with Crippen molar-refractivity contribution in [2.45, 2.75) is 32.9 Å². The van der Waals surface area contributed by atoms with Crippen LogP contribution in [0.25, 0.3) is 10.9 Å². The summed E-state index contributed by atoms with van der Waals surface area (Å²) >= 11 is 0. The smallest absolute Gasteiger partial charge is 0.254 e. The van der Waals surface area contributed by atoms with E-state index in [0.717, 1.165) is 19.4 Å². The third kappa shape index (κ3) is 2.82. The van der Waals surface area contributed by atoms with E-state index in [1.807, 2.05) is 4.90 Å². The van der Waals surface area contributed by atoms with Crippen molar-refractivity contribution in [3.05, 3.63) is 71.2 Å². The van der Waals surface area contributed by atoms with Gasteiger partial charge >= 0.3 is 0 Å². The second kappa shape index (κ2) is 6.36. The zero-order valence-electron chi connectivity index (χ0n) is 14.3. The molecule has 3 aromatic rings. The number of nitrogens with zero attached hydrogens (tertiary/aromatic N) is 2. The molecular formula is C21H21FN2O. The van der Waals surface area contributed by atoms with E-state index < -0.39 is 0 Å². The monoisotopic (exact) mass is 336 g/mol. The Kier molecular flexibility index (Phi) is 4.04. The van der Waals surface area contributed by atoms with E-state index in [4.69, 9.17) is 0 Å². The van der Waals surface area contributed by atoms with Crippen LogP contribution in [0.5, 0.6) is 0 Å². The number of hydrogen-bond acceptors (Lipinski definition) is 1. The molecule has 0 radical (unpaired) electrons. The van der Waals surface area contributed by atoms with Gasteiger partial charge in [-0.05, 0) is 48.2 Å². The van der Waals surface area contributed by atoms with Gasteiger partial charge in [-0.3, -0.25) is 4.79 Å². The zero-order valence-corrected chi connectivity index (χ0v) is 14.3. The summed E-state index contributed by atoms with van der Waals surface area (Å²) in [7, 11) is 0. The molecule has 0 bridgehead atoms. The van der Waals surface area contributed by atoms with E-state index in [2.05, 4.69) is 35.9 Å². The van der Waals surface area contributed by atoms with Gasteiger partial charge in [0.15, 0.2) is 0 Å². The van der Waals surface area contributed by atoms with Crippen molar-refractivity contribution in [3.63, 3.8) is 0 Å². The number of rotatable bonds is 3. The third-order valence-corrected chi connectivity index (χ3v) is 4.91. The Morgan fingerprint density at radius 3 is 2.80 bits per heavy atom. The molecule has 2 heterocycles. The molecule has 1 aliphatic heterocycles. The van der Waals surface area contributed by atoms with Crippen molar-refractivity contribution < 1.29 is 9.18 Å². The molecule has 0 atom stereocenters. The summed E-state index contributed by atoms with van der Waals surface area (Å²) in [6, 6.07) is 12.3. The minimum atomic E-state index is -0.375. The molecule has 4 heteroatoms. The highest BCUT2D eigenvalue weighted by atomic mass is 19.1. The molecule has 0 spiro atoms. The molecule has 0 N–H and O–H groups in total. The van der Waals surface area contributed by atoms with Crippen molar-refractivity contribution in [1.82, 2.24) is 9.47 Å². The maximum Gasteiger partial charge on any atom is 0.254 e. The lowest BCUT2D eigenvalue weighted by Gasteiger charge is -2.21. The second-order valence-corrected chi connectivity index (χ2v) is 6.65. The number of aromatic nitrogens is 1. The molecule has 1 aliphatic rings. The Morgan fingerprint density at radius 1 is 1.16 bits per heavy atom. The topological polar surface area (TPSA) is 25.2 Å². The van der Waals surface area contributed by atoms with Gasteiger partial charge in [0.05, 0.1) is 0 Å². The van der Waals surface area contributed by atoms with Crippen LogP contribution in [0.2, 0.25) is 0 Å². The van der Waals surface area contributed by atoms with Crippen molar-refractivity contribution in [2.75, 3.05) is 6.54 Å². The summed E-state index contributed by atoms with van der Waals surface area (Å²) in [4.78, 5) is 14.6. The van der Waals surface area contributed by atoms with Crippen LogP contribution in [0.1, 0.15) is 34.8 Å². The van der Waals surface area contributed by atoms with Gasteiger partial charge in [-0.15, -0.1) is 0 Å². The Morgan fingerprint density at radius 2 is 2.00 bits per heavy atom. The zero-order chi connectivity index (χ0) is 17.4. The van der Waals surface area contributed by atoms with Gasteiger partial charge in [-0.2, -0.15) is 0 Å². The largest absolute Gasteiger partial charge is 0.347 e. The number of carbonyl (C=O) groups is 1. The molecule has 0 unspecified atom stereocenters. The first-order valence-corrected chi connectivity index (χ1v) is 8.82. The summed E-state index contributed by atoms with van der Waals surface area (Å²) in [5.74, 6) is -0.483. The maximum absolute atomic E-state index is 13.5. The highest BCUT2D eigenvalue weighted by Crippen LogP contribution is 2.30. The minimum Gasteiger partial charge on any atom is -0.347 e. The van der Waals surface area contributed by atoms with Crippen LogP contribution in [-0.2, 0) is 19.5 Å². The van der Waals surface area contributed by atoms with E-state index in [1.54, 1.807) is 12.1 Å². The maximum atomic E-state index is 13.5. The quantitative estimate of drug-likeness (QED) is 0.696. The number of amides is 1.